The SMILES string of the molecule is C[C@H](NC(=O)OC(C)(C)C)C(=O)/C=C/CCCC(=O)O. The highest BCUT2D eigenvalue weighted by Gasteiger charge is 2.19. The number of hydrogen-bond donors (Lipinski definition) is 2. The largest absolute Gasteiger partial charge is 0.481 e. The van der Waals surface area contributed by atoms with Gasteiger partial charge in [-0.25, -0.2) is 4.79 Å². The number of rotatable bonds is 7. The van der Waals surface area contributed by atoms with E-state index in [1.165, 1.54) is 6.08 Å². The first-order chi connectivity index (χ1) is 9.11. The number of allylic oxidation sites excluding steroid dienone is 1. The summed E-state index contributed by atoms with van der Waals surface area (Å²) < 4.78 is 5.04. The van der Waals surface area contributed by atoms with E-state index >= 15 is 0 Å². The summed E-state index contributed by atoms with van der Waals surface area (Å²) in [6.45, 7) is 6.78. The van der Waals surface area contributed by atoms with Crippen LogP contribution in [0.25, 0.3) is 0 Å². The monoisotopic (exact) mass is 285 g/mol. The third kappa shape index (κ3) is 10.1. The van der Waals surface area contributed by atoms with Gasteiger partial charge in [-0.15, -0.1) is 0 Å². The van der Waals surface area contributed by atoms with Gasteiger partial charge in [0.05, 0.1) is 6.04 Å². The zero-order valence-electron chi connectivity index (χ0n) is 12.4. The number of ketones is 1. The van der Waals surface area contributed by atoms with Gasteiger partial charge in [0.2, 0.25) is 0 Å². The summed E-state index contributed by atoms with van der Waals surface area (Å²) in [5.74, 6) is -1.11. The number of ether oxygens (including phenoxy) is 1. The minimum atomic E-state index is -0.857. The van der Waals surface area contributed by atoms with Crippen LogP contribution in [-0.2, 0) is 14.3 Å². The van der Waals surface area contributed by atoms with Crippen LogP contribution in [-0.4, -0.2) is 34.6 Å². The molecule has 0 aliphatic heterocycles. The van der Waals surface area contributed by atoms with Crippen molar-refractivity contribution < 1.29 is 24.2 Å². The molecule has 0 heterocycles. The van der Waals surface area contributed by atoms with Gasteiger partial charge in [-0.2, -0.15) is 0 Å². The van der Waals surface area contributed by atoms with Crippen molar-refractivity contribution in [3.63, 3.8) is 0 Å². The van der Waals surface area contributed by atoms with E-state index in [4.69, 9.17) is 9.84 Å². The number of carboxylic acid groups (broad SMARTS) is 1. The Morgan fingerprint density at radius 1 is 1.30 bits per heavy atom. The topological polar surface area (TPSA) is 92.7 Å². The first kappa shape index (κ1) is 18.1. The highest BCUT2D eigenvalue weighted by atomic mass is 16.6. The molecule has 1 atom stereocenters. The Morgan fingerprint density at radius 2 is 1.90 bits per heavy atom. The first-order valence-corrected chi connectivity index (χ1v) is 6.53. The molecule has 0 aliphatic carbocycles. The van der Waals surface area contributed by atoms with Crippen LogP contribution in [0.5, 0.6) is 0 Å². The maximum atomic E-state index is 11.7. The third-order valence-corrected chi connectivity index (χ3v) is 2.20. The van der Waals surface area contributed by atoms with Crippen molar-refractivity contribution in [2.24, 2.45) is 0 Å². The van der Waals surface area contributed by atoms with E-state index in [0.717, 1.165) is 0 Å². The number of hydrogen-bond acceptors (Lipinski definition) is 4. The van der Waals surface area contributed by atoms with E-state index in [-0.39, 0.29) is 12.2 Å². The fourth-order valence-corrected chi connectivity index (χ4v) is 1.27. The lowest BCUT2D eigenvalue weighted by molar-refractivity contribution is -0.137. The van der Waals surface area contributed by atoms with Crippen molar-refractivity contribution in [3.05, 3.63) is 12.2 Å². The zero-order chi connectivity index (χ0) is 15.8. The van der Waals surface area contributed by atoms with Gasteiger partial charge >= 0.3 is 12.1 Å². The number of carboxylic acids is 1. The normalized spacial score (nSPS) is 13.0. The Bertz CT molecular complexity index is 382. The minimum absolute atomic E-state index is 0.0737. The summed E-state index contributed by atoms with van der Waals surface area (Å²) >= 11 is 0. The van der Waals surface area contributed by atoms with Gasteiger partial charge < -0.3 is 15.2 Å². The lowest BCUT2D eigenvalue weighted by Crippen LogP contribution is -2.41. The van der Waals surface area contributed by atoms with Crippen LogP contribution >= 0.6 is 0 Å². The lowest BCUT2D eigenvalue weighted by atomic mass is 10.1. The summed E-state index contributed by atoms with van der Waals surface area (Å²) in [7, 11) is 0. The molecule has 6 nitrogen and oxygen atoms in total. The van der Waals surface area contributed by atoms with Crippen molar-refractivity contribution in [2.45, 2.75) is 58.6 Å². The second-order valence-corrected chi connectivity index (χ2v) is 5.46. The van der Waals surface area contributed by atoms with Crippen molar-refractivity contribution in [1.82, 2.24) is 5.32 Å². The number of alkyl carbamates (subject to hydrolysis) is 1. The standard InChI is InChI=1S/C14H23NO5/c1-10(15-13(19)20-14(2,3)4)11(16)8-6-5-7-9-12(17)18/h6,8,10H,5,7,9H2,1-4H3,(H,15,19)(H,17,18)/b8-6+/t10-/m0/s1. The van der Waals surface area contributed by atoms with Gasteiger partial charge in [0.25, 0.3) is 0 Å². The molecule has 0 aromatic heterocycles. The molecule has 0 rings (SSSR count). The Morgan fingerprint density at radius 3 is 2.40 bits per heavy atom. The van der Waals surface area contributed by atoms with Gasteiger partial charge in [0.15, 0.2) is 5.78 Å². The molecule has 1 amide bonds. The number of unbranched alkanes of at least 4 members (excludes halogenated alkanes) is 1. The molecule has 0 saturated carbocycles. The summed E-state index contributed by atoms with van der Waals surface area (Å²) in [4.78, 5) is 33.4. The fourth-order valence-electron chi connectivity index (χ4n) is 1.27. The Hall–Kier alpha value is -1.85. The molecule has 0 spiro atoms. The average molecular weight is 285 g/mol. The van der Waals surface area contributed by atoms with E-state index in [0.29, 0.717) is 12.8 Å². The smallest absolute Gasteiger partial charge is 0.408 e. The molecule has 0 aromatic rings. The fraction of sp³-hybridized carbons (Fsp3) is 0.643. The van der Waals surface area contributed by atoms with Crippen LogP contribution in [0.2, 0.25) is 0 Å². The molecular formula is C14H23NO5. The number of carbonyl (C=O) groups excluding carboxylic acids is 2. The molecule has 2 N–H and O–H groups in total. The highest BCUT2D eigenvalue weighted by molar-refractivity contribution is 5.95. The summed E-state index contributed by atoms with van der Waals surface area (Å²) in [5, 5.41) is 10.9. The number of aliphatic carboxylic acids is 1. The molecule has 0 radical (unpaired) electrons. The average Bonchev–Trinajstić information content (AvgIpc) is 2.24. The van der Waals surface area contributed by atoms with Crippen LogP contribution in [0.4, 0.5) is 4.79 Å². The van der Waals surface area contributed by atoms with Crippen LogP contribution in [0, 0.1) is 0 Å². The van der Waals surface area contributed by atoms with Gasteiger partial charge in [-0.3, -0.25) is 9.59 Å². The first-order valence-electron chi connectivity index (χ1n) is 6.53. The zero-order valence-corrected chi connectivity index (χ0v) is 12.4. The Balaban J connectivity index is 4.06. The van der Waals surface area contributed by atoms with Gasteiger partial charge in [0, 0.05) is 6.42 Å². The predicted octanol–water partition coefficient (Wildman–Crippen LogP) is 2.28. The van der Waals surface area contributed by atoms with Crippen molar-refractivity contribution in [1.29, 1.82) is 0 Å². The van der Waals surface area contributed by atoms with Crippen molar-refractivity contribution >= 4 is 17.8 Å². The molecule has 0 fully saturated rings. The molecule has 20 heavy (non-hydrogen) atoms. The highest BCUT2D eigenvalue weighted by Crippen LogP contribution is 2.07. The Kier molecular flexibility index (Phi) is 7.57. The van der Waals surface area contributed by atoms with E-state index in [1.54, 1.807) is 33.8 Å². The van der Waals surface area contributed by atoms with E-state index in [1.807, 2.05) is 0 Å². The molecule has 0 unspecified atom stereocenters. The van der Waals surface area contributed by atoms with E-state index in [2.05, 4.69) is 5.32 Å². The summed E-state index contributed by atoms with van der Waals surface area (Å²) in [6, 6.07) is -0.680. The maximum absolute atomic E-state index is 11.7. The maximum Gasteiger partial charge on any atom is 0.408 e. The minimum Gasteiger partial charge on any atom is -0.481 e. The lowest BCUT2D eigenvalue weighted by Gasteiger charge is -2.21. The van der Waals surface area contributed by atoms with Crippen molar-refractivity contribution in [2.75, 3.05) is 0 Å². The number of amides is 1. The quantitative estimate of drug-likeness (QED) is 0.553. The Labute approximate surface area is 119 Å². The van der Waals surface area contributed by atoms with Gasteiger partial charge in [0.1, 0.15) is 5.60 Å². The molecule has 6 heteroatoms. The molecule has 0 bridgehead atoms. The molecule has 0 saturated heterocycles. The summed E-state index contributed by atoms with van der Waals surface area (Å²) in [5.41, 5.74) is -0.612. The van der Waals surface area contributed by atoms with Crippen LogP contribution < -0.4 is 5.32 Å². The number of carbonyl (C=O) groups is 3. The van der Waals surface area contributed by atoms with Crippen LogP contribution in [0.3, 0.4) is 0 Å². The van der Waals surface area contributed by atoms with Crippen LogP contribution in [0.15, 0.2) is 12.2 Å². The predicted molar refractivity (Wildman–Crippen MR) is 74.5 cm³/mol. The van der Waals surface area contributed by atoms with Gasteiger partial charge in [-0.1, -0.05) is 6.08 Å². The van der Waals surface area contributed by atoms with Gasteiger partial charge in [-0.05, 0) is 46.6 Å². The third-order valence-electron chi connectivity index (χ3n) is 2.20. The van der Waals surface area contributed by atoms with Crippen molar-refractivity contribution in [3.8, 4) is 0 Å². The summed E-state index contributed by atoms with van der Waals surface area (Å²) in [6.07, 6.45) is 3.38. The molecule has 0 aromatic carbocycles. The van der Waals surface area contributed by atoms with E-state index in [9.17, 15) is 14.4 Å². The van der Waals surface area contributed by atoms with Crippen LogP contribution in [0.1, 0.15) is 47.0 Å². The molecule has 114 valence electrons. The second-order valence-electron chi connectivity index (χ2n) is 5.46. The number of nitrogens with one attached hydrogen (secondary N) is 1. The van der Waals surface area contributed by atoms with E-state index < -0.39 is 23.7 Å². The molecule has 0 aliphatic rings. The molecular weight excluding hydrogens is 262 g/mol. The second kappa shape index (κ2) is 8.35.